The van der Waals surface area contributed by atoms with Gasteiger partial charge in [0.1, 0.15) is 11.5 Å². The summed E-state index contributed by atoms with van der Waals surface area (Å²) >= 11 is 0. The number of nitro benzene ring substituents is 1. The van der Waals surface area contributed by atoms with E-state index in [0.717, 1.165) is 5.56 Å². The van der Waals surface area contributed by atoms with Crippen molar-refractivity contribution < 1.29 is 33.8 Å². The molecule has 0 saturated heterocycles. The third-order valence-corrected chi connectivity index (χ3v) is 6.39. The van der Waals surface area contributed by atoms with Crippen LogP contribution in [-0.4, -0.2) is 42.5 Å². The van der Waals surface area contributed by atoms with Crippen LogP contribution in [0, 0.1) is 10.1 Å². The fourth-order valence-electron chi connectivity index (χ4n) is 4.84. The summed E-state index contributed by atoms with van der Waals surface area (Å²) in [5.41, 5.74) is 1.53. The first-order valence-corrected chi connectivity index (χ1v) is 11.2. The zero-order valence-electron chi connectivity index (χ0n) is 19.6. The minimum Gasteiger partial charge on any atom is -0.500 e. The maximum absolute atomic E-state index is 13.5. The van der Waals surface area contributed by atoms with Crippen molar-refractivity contribution in [3.8, 4) is 23.0 Å². The van der Waals surface area contributed by atoms with Crippen LogP contribution in [0.5, 0.6) is 23.0 Å². The van der Waals surface area contributed by atoms with Crippen molar-refractivity contribution in [3.05, 3.63) is 62.8 Å². The van der Waals surface area contributed by atoms with Gasteiger partial charge in [-0.15, -0.1) is 0 Å². The Morgan fingerprint density at radius 2 is 1.86 bits per heavy atom. The maximum atomic E-state index is 13.5. The van der Waals surface area contributed by atoms with Gasteiger partial charge in [0.05, 0.1) is 25.7 Å². The second-order valence-electron chi connectivity index (χ2n) is 8.41. The van der Waals surface area contributed by atoms with E-state index in [-0.39, 0.29) is 42.8 Å². The summed E-state index contributed by atoms with van der Waals surface area (Å²) in [5, 5.41) is 24.6. The number of hydrogen-bond acceptors (Lipinski definition) is 8. The Labute approximate surface area is 201 Å². The number of nitrogens with one attached hydrogen (secondary N) is 1. The highest BCUT2D eigenvalue weighted by Crippen LogP contribution is 2.47. The molecule has 4 rings (SSSR count). The standard InChI is InChI=1S/C25H26N2O8/c1-4-35-22-10-14(8-19(25(22)30)27(31)32)17-12-23(29)26-18-7-13(9-20(28)24(17)18)16-11-15(33-2)5-6-21(16)34-3/h5-6,8,10-11,13,17,30H,4,7,9,12H2,1-3H3,(H,26,29)/t13-,17+/m0/s1. The smallest absolute Gasteiger partial charge is 0.314 e. The van der Waals surface area contributed by atoms with E-state index < -0.39 is 22.3 Å². The molecule has 2 aliphatic rings. The number of nitro groups is 1. The SMILES string of the molecule is CCOc1cc([C@H]2CC(=O)NC3=C2C(=O)C[C@@H](c2cc(OC)ccc2OC)C3)cc([N+](=O)[O-])c1O. The number of amides is 1. The number of carbonyl (C=O) groups is 2. The molecule has 1 amide bonds. The molecule has 0 saturated carbocycles. The molecule has 10 heteroatoms. The predicted octanol–water partition coefficient (Wildman–Crippen LogP) is 3.72. The summed E-state index contributed by atoms with van der Waals surface area (Å²) in [5.74, 6) is -0.827. The number of methoxy groups -OCH3 is 2. The highest BCUT2D eigenvalue weighted by atomic mass is 16.6. The number of benzene rings is 2. The summed E-state index contributed by atoms with van der Waals surface area (Å²) in [7, 11) is 3.10. The first kappa shape index (κ1) is 24.1. The fraction of sp³-hybridized carbons (Fsp3) is 0.360. The minimum atomic E-state index is -0.715. The van der Waals surface area contributed by atoms with Crippen LogP contribution < -0.4 is 19.5 Å². The average Bonchev–Trinajstić information content (AvgIpc) is 2.83. The molecule has 35 heavy (non-hydrogen) atoms. The molecule has 0 unspecified atom stereocenters. The summed E-state index contributed by atoms with van der Waals surface area (Å²) in [6.45, 7) is 1.86. The lowest BCUT2D eigenvalue weighted by Gasteiger charge is -2.35. The van der Waals surface area contributed by atoms with Gasteiger partial charge in [-0.2, -0.15) is 0 Å². The van der Waals surface area contributed by atoms with Crippen LogP contribution in [0.3, 0.4) is 0 Å². The predicted molar refractivity (Wildman–Crippen MR) is 125 cm³/mol. The van der Waals surface area contributed by atoms with E-state index in [4.69, 9.17) is 14.2 Å². The molecule has 0 radical (unpaired) electrons. The van der Waals surface area contributed by atoms with Crippen LogP contribution in [0.2, 0.25) is 0 Å². The number of carbonyl (C=O) groups excluding carboxylic acids is 2. The Bertz CT molecular complexity index is 1240. The number of ketones is 1. The molecule has 1 aliphatic heterocycles. The number of nitrogens with zero attached hydrogens (tertiary/aromatic N) is 1. The Morgan fingerprint density at radius 3 is 2.51 bits per heavy atom. The van der Waals surface area contributed by atoms with Crippen molar-refractivity contribution in [2.24, 2.45) is 0 Å². The third-order valence-electron chi connectivity index (χ3n) is 6.39. The van der Waals surface area contributed by atoms with Gasteiger partial charge >= 0.3 is 5.69 Å². The molecule has 1 aliphatic carbocycles. The van der Waals surface area contributed by atoms with Gasteiger partial charge in [0, 0.05) is 47.6 Å². The van der Waals surface area contributed by atoms with Crippen molar-refractivity contribution in [1.82, 2.24) is 5.32 Å². The second-order valence-corrected chi connectivity index (χ2v) is 8.41. The molecule has 0 bridgehead atoms. The molecule has 2 aromatic rings. The van der Waals surface area contributed by atoms with Gasteiger partial charge < -0.3 is 24.6 Å². The molecule has 2 N–H and O–H groups in total. The lowest BCUT2D eigenvalue weighted by molar-refractivity contribution is -0.386. The number of hydrogen-bond donors (Lipinski definition) is 2. The Kier molecular flexibility index (Phi) is 6.63. The van der Waals surface area contributed by atoms with Gasteiger partial charge in [-0.25, -0.2) is 0 Å². The zero-order valence-corrected chi connectivity index (χ0v) is 19.6. The highest BCUT2D eigenvalue weighted by Gasteiger charge is 2.40. The second kappa shape index (κ2) is 9.65. The summed E-state index contributed by atoms with van der Waals surface area (Å²) < 4.78 is 16.2. The summed E-state index contributed by atoms with van der Waals surface area (Å²) in [6.07, 6.45) is 0.504. The van der Waals surface area contributed by atoms with Gasteiger partial charge in [0.2, 0.25) is 11.7 Å². The molecule has 1 heterocycles. The summed E-state index contributed by atoms with van der Waals surface area (Å²) in [6, 6.07) is 8.03. The average molecular weight is 482 g/mol. The number of ether oxygens (including phenoxy) is 3. The molecule has 0 fully saturated rings. The van der Waals surface area contributed by atoms with Crippen LogP contribution in [-0.2, 0) is 9.59 Å². The molecule has 184 valence electrons. The first-order chi connectivity index (χ1) is 16.8. The van der Waals surface area contributed by atoms with Crippen LogP contribution in [0.1, 0.15) is 49.1 Å². The van der Waals surface area contributed by atoms with E-state index in [1.165, 1.54) is 12.1 Å². The number of phenolic OH excluding ortho intramolecular Hbond substituents is 1. The van der Waals surface area contributed by atoms with Crippen LogP contribution in [0.25, 0.3) is 0 Å². The molecular weight excluding hydrogens is 456 g/mol. The number of allylic oxidation sites excluding steroid dienone is 2. The number of Topliss-reactive ketones (excluding diaryl/α,β-unsaturated/α-hetero) is 1. The van der Waals surface area contributed by atoms with Gasteiger partial charge in [-0.3, -0.25) is 19.7 Å². The minimum absolute atomic E-state index is 0.0504. The lowest BCUT2D eigenvalue weighted by Crippen LogP contribution is -2.38. The monoisotopic (exact) mass is 482 g/mol. The van der Waals surface area contributed by atoms with E-state index in [1.54, 1.807) is 33.3 Å². The maximum Gasteiger partial charge on any atom is 0.314 e. The number of phenols is 1. The van der Waals surface area contributed by atoms with E-state index in [9.17, 15) is 24.8 Å². The van der Waals surface area contributed by atoms with Crippen molar-refractivity contribution >= 4 is 17.4 Å². The van der Waals surface area contributed by atoms with E-state index in [2.05, 4.69) is 5.32 Å². The topological polar surface area (TPSA) is 137 Å². The van der Waals surface area contributed by atoms with Crippen LogP contribution in [0.15, 0.2) is 41.6 Å². The first-order valence-electron chi connectivity index (χ1n) is 11.2. The Hall–Kier alpha value is -4.08. The largest absolute Gasteiger partial charge is 0.500 e. The van der Waals surface area contributed by atoms with Gasteiger partial charge in [0.15, 0.2) is 11.5 Å². The molecule has 2 aromatic carbocycles. The molecule has 2 atom stereocenters. The number of rotatable bonds is 7. The lowest BCUT2D eigenvalue weighted by atomic mass is 9.73. The van der Waals surface area contributed by atoms with Crippen molar-refractivity contribution in [2.45, 2.75) is 38.0 Å². The normalized spacial score (nSPS) is 19.6. The Morgan fingerprint density at radius 1 is 1.09 bits per heavy atom. The summed E-state index contributed by atoms with van der Waals surface area (Å²) in [4.78, 5) is 36.9. The molecular formula is C25H26N2O8. The van der Waals surface area contributed by atoms with Crippen molar-refractivity contribution in [1.29, 1.82) is 0 Å². The van der Waals surface area contributed by atoms with Crippen LogP contribution >= 0.6 is 0 Å². The van der Waals surface area contributed by atoms with Gasteiger partial charge in [-0.05, 0) is 43.2 Å². The van der Waals surface area contributed by atoms with Crippen molar-refractivity contribution in [3.63, 3.8) is 0 Å². The van der Waals surface area contributed by atoms with E-state index in [0.29, 0.717) is 34.8 Å². The fourth-order valence-corrected chi connectivity index (χ4v) is 4.84. The van der Waals surface area contributed by atoms with Crippen molar-refractivity contribution in [2.75, 3.05) is 20.8 Å². The third kappa shape index (κ3) is 4.51. The Balaban J connectivity index is 1.78. The van der Waals surface area contributed by atoms with Gasteiger partial charge in [0.25, 0.3) is 0 Å². The van der Waals surface area contributed by atoms with E-state index >= 15 is 0 Å². The molecule has 0 aromatic heterocycles. The molecule has 0 spiro atoms. The van der Waals surface area contributed by atoms with Gasteiger partial charge in [-0.1, -0.05) is 0 Å². The quantitative estimate of drug-likeness (QED) is 0.450. The highest BCUT2D eigenvalue weighted by molar-refractivity contribution is 6.02. The molecule has 10 nitrogen and oxygen atoms in total. The van der Waals surface area contributed by atoms with E-state index in [1.807, 2.05) is 6.07 Å². The number of aromatic hydroxyl groups is 1. The van der Waals surface area contributed by atoms with Crippen LogP contribution in [0.4, 0.5) is 5.69 Å². The zero-order chi connectivity index (χ0) is 25.3.